The minimum absolute atomic E-state index is 0.750. The number of rotatable bonds is 4. The molecule has 1 aromatic carbocycles. The van der Waals surface area contributed by atoms with Crippen LogP contribution < -0.4 is 10.1 Å². The predicted octanol–water partition coefficient (Wildman–Crippen LogP) is 3.36. The van der Waals surface area contributed by atoms with Gasteiger partial charge in [-0.15, -0.1) is 0 Å². The molecule has 0 aliphatic carbocycles. The van der Waals surface area contributed by atoms with Crippen molar-refractivity contribution in [3.05, 3.63) is 52.8 Å². The lowest BCUT2D eigenvalue weighted by Gasteiger charge is -2.07. The van der Waals surface area contributed by atoms with E-state index in [1.54, 1.807) is 6.20 Å². The summed E-state index contributed by atoms with van der Waals surface area (Å²) in [6.07, 6.45) is 3.53. The molecule has 0 aliphatic heterocycles. The summed E-state index contributed by atoms with van der Waals surface area (Å²) >= 11 is 3.39. The second-order valence-corrected chi connectivity index (χ2v) is 4.53. The van der Waals surface area contributed by atoms with E-state index in [-0.39, 0.29) is 0 Å². The van der Waals surface area contributed by atoms with Crippen molar-refractivity contribution in [2.75, 3.05) is 7.05 Å². The largest absolute Gasteiger partial charge is 0.456 e. The third-order valence-corrected chi connectivity index (χ3v) is 2.73. The van der Waals surface area contributed by atoms with Crippen molar-refractivity contribution in [2.45, 2.75) is 6.54 Å². The molecule has 2 aromatic rings. The van der Waals surface area contributed by atoms with Gasteiger partial charge < -0.3 is 10.1 Å². The second-order valence-electron chi connectivity index (χ2n) is 3.62. The number of ether oxygens (including phenoxy) is 1. The van der Waals surface area contributed by atoms with E-state index in [4.69, 9.17) is 4.74 Å². The van der Waals surface area contributed by atoms with Gasteiger partial charge in [-0.1, -0.05) is 15.9 Å². The Labute approximate surface area is 109 Å². The summed E-state index contributed by atoms with van der Waals surface area (Å²) in [5.41, 5.74) is 1.10. The van der Waals surface area contributed by atoms with Gasteiger partial charge in [-0.2, -0.15) is 0 Å². The minimum atomic E-state index is 0.750. The molecule has 1 aromatic heterocycles. The Morgan fingerprint density at radius 3 is 2.65 bits per heavy atom. The van der Waals surface area contributed by atoms with Crippen LogP contribution in [0.3, 0.4) is 0 Å². The zero-order valence-corrected chi connectivity index (χ0v) is 11.1. The molecule has 88 valence electrons. The number of halogens is 1. The summed E-state index contributed by atoms with van der Waals surface area (Å²) in [6.45, 7) is 0.782. The van der Waals surface area contributed by atoms with Crippen LogP contribution in [0.4, 0.5) is 0 Å². The lowest BCUT2D eigenvalue weighted by molar-refractivity contribution is 0.479. The SMILES string of the molecule is CNCc1cncc(Oc2ccc(Br)cc2)c1. The summed E-state index contributed by atoms with van der Waals surface area (Å²) in [5, 5.41) is 3.08. The van der Waals surface area contributed by atoms with Crippen LogP contribution in [-0.2, 0) is 6.54 Å². The van der Waals surface area contributed by atoms with Crippen molar-refractivity contribution < 1.29 is 4.74 Å². The van der Waals surface area contributed by atoms with Gasteiger partial charge in [-0.3, -0.25) is 4.98 Å². The van der Waals surface area contributed by atoms with Gasteiger partial charge in [-0.25, -0.2) is 0 Å². The van der Waals surface area contributed by atoms with Crippen molar-refractivity contribution in [1.82, 2.24) is 10.3 Å². The lowest BCUT2D eigenvalue weighted by atomic mass is 10.3. The van der Waals surface area contributed by atoms with Crippen LogP contribution in [0.15, 0.2) is 47.2 Å². The molecular weight excluding hydrogens is 280 g/mol. The highest BCUT2D eigenvalue weighted by atomic mass is 79.9. The Morgan fingerprint density at radius 2 is 1.94 bits per heavy atom. The third kappa shape index (κ3) is 3.54. The van der Waals surface area contributed by atoms with Gasteiger partial charge in [0.25, 0.3) is 0 Å². The molecule has 1 N–H and O–H groups in total. The normalized spacial score (nSPS) is 10.2. The first kappa shape index (κ1) is 12.1. The Hall–Kier alpha value is -1.39. The van der Waals surface area contributed by atoms with E-state index < -0.39 is 0 Å². The molecule has 0 spiro atoms. The lowest BCUT2D eigenvalue weighted by Crippen LogP contribution is -2.05. The zero-order valence-electron chi connectivity index (χ0n) is 9.48. The summed E-state index contributed by atoms with van der Waals surface area (Å²) in [5.74, 6) is 1.55. The maximum Gasteiger partial charge on any atom is 0.146 e. The molecule has 0 aliphatic rings. The first-order valence-electron chi connectivity index (χ1n) is 5.30. The number of hydrogen-bond acceptors (Lipinski definition) is 3. The molecule has 0 amide bonds. The van der Waals surface area contributed by atoms with Crippen LogP contribution in [-0.4, -0.2) is 12.0 Å². The Morgan fingerprint density at radius 1 is 1.18 bits per heavy atom. The number of nitrogens with zero attached hydrogens (tertiary/aromatic N) is 1. The topological polar surface area (TPSA) is 34.2 Å². The first-order valence-corrected chi connectivity index (χ1v) is 6.09. The molecule has 0 unspecified atom stereocenters. The molecule has 0 saturated carbocycles. The zero-order chi connectivity index (χ0) is 12.1. The van der Waals surface area contributed by atoms with E-state index in [9.17, 15) is 0 Å². The third-order valence-electron chi connectivity index (χ3n) is 2.20. The fourth-order valence-corrected chi connectivity index (χ4v) is 1.72. The van der Waals surface area contributed by atoms with E-state index in [1.807, 2.05) is 43.6 Å². The van der Waals surface area contributed by atoms with Crippen molar-refractivity contribution in [3.8, 4) is 11.5 Å². The van der Waals surface area contributed by atoms with Crippen LogP contribution >= 0.6 is 15.9 Å². The Kier molecular flexibility index (Phi) is 4.12. The minimum Gasteiger partial charge on any atom is -0.456 e. The van der Waals surface area contributed by atoms with Crippen molar-refractivity contribution >= 4 is 15.9 Å². The highest BCUT2D eigenvalue weighted by Gasteiger charge is 1.99. The van der Waals surface area contributed by atoms with Gasteiger partial charge in [0.1, 0.15) is 11.5 Å². The van der Waals surface area contributed by atoms with E-state index in [0.29, 0.717) is 0 Å². The number of nitrogens with one attached hydrogen (secondary N) is 1. The number of hydrogen-bond donors (Lipinski definition) is 1. The van der Waals surface area contributed by atoms with Crippen molar-refractivity contribution in [2.24, 2.45) is 0 Å². The van der Waals surface area contributed by atoms with E-state index in [2.05, 4.69) is 26.2 Å². The molecule has 0 atom stereocenters. The van der Waals surface area contributed by atoms with Gasteiger partial charge in [0.15, 0.2) is 0 Å². The van der Waals surface area contributed by atoms with Crippen LogP contribution in [0.5, 0.6) is 11.5 Å². The summed E-state index contributed by atoms with van der Waals surface area (Å²) in [4.78, 5) is 4.14. The average Bonchev–Trinajstić information content (AvgIpc) is 2.33. The van der Waals surface area contributed by atoms with Crippen LogP contribution in [0.25, 0.3) is 0 Å². The highest BCUT2D eigenvalue weighted by Crippen LogP contribution is 2.23. The van der Waals surface area contributed by atoms with Gasteiger partial charge in [0, 0.05) is 17.2 Å². The van der Waals surface area contributed by atoms with Crippen LogP contribution in [0.2, 0.25) is 0 Å². The molecule has 1 heterocycles. The Bertz CT molecular complexity index is 485. The summed E-state index contributed by atoms with van der Waals surface area (Å²) in [6, 6.07) is 9.69. The average molecular weight is 293 g/mol. The molecule has 0 bridgehead atoms. The van der Waals surface area contributed by atoms with Crippen molar-refractivity contribution in [1.29, 1.82) is 0 Å². The molecule has 0 radical (unpaired) electrons. The first-order chi connectivity index (χ1) is 8.28. The Balaban J connectivity index is 2.12. The van der Waals surface area contributed by atoms with Gasteiger partial charge in [0.05, 0.1) is 6.20 Å². The molecule has 0 saturated heterocycles. The maximum absolute atomic E-state index is 5.71. The molecule has 2 rings (SSSR count). The van der Waals surface area contributed by atoms with E-state index >= 15 is 0 Å². The molecular formula is C13H13BrN2O. The van der Waals surface area contributed by atoms with E-state index in [0.717, 1.165) is 28.1 Å². The van der Waals surface area contributed by atoms with Crippen molar-refractivity contribution in [3.63, 3.8) is 0 Å². The standard InChI is InChI=1S/C13H13BrN2O/c1-15-7-10-6-13(9-16-8-10)17-12-4-2-11(14)3-5-12/h2-6,8-9,15H,7H2,1H3. The number of benzene rings is 1. The quantitative estimate of drug-likeness (QED) is 0.938. The second kappa shape index (κ2) is 5.80. The molecule has 17 heavy (non-hydrogen) atoms. The molecule has 3 nitrogen and oxygen atoms in total. The molecule has 0 fully saturated rings. The van der Waals surface area contributed by atoms with Gasteiger partial charge >= 0.3 is 0 Å². The predicted molar refractivity (Wildman–Crippen MR) is 71.2 cm³/mol. The highest BCUT2D eigenvalue weighted by molar-refractivity contribution is 9.10. The van der Waals surface area contributed by atoms with Gasteiger partial charge in [-0.05, 0) is 42.9 Å². The monoisotopic (exact) mass is 292 g/mol. The van der Waals surface area contributed by atoms with E-state index in [1.165, 1.54) is 0 Å². The summed E-state index contributed by atoms with van der Waals surface area (Å²) < 4.78 is 6.74. The number of aromatic nitrogens is 1. The fourth-order valence-electron chi connectivity index (χ4n) is 1.46. The van der Waals surface area contributed by atoms with Crippen LogP contribution in [0, 0.1) is 0 Å². The van der Waals surface area contributed by atoms with Crippen LogP contribution in [0.1, 0.15) is 5.56 Å². The maximum atomic E-state index is 5.71. The number of pyridine rings is 1. The summed E-state index contributed by atoms with van der Waals surface area (Å²) in [7, 11) is 1.91. The smallest absolute Gasteiger partial charge is 0.146 e. The van der Waals surface area contributed by atoms with Gasteiger partial charge in [0.2, 0.25) is 0 Å². The fraction of sp³-hybridized carbons (Fsp3) is 0.154. The molecule has 4 heteroatoms.